The molecule has 0 saturated heterocycles. The highest BCUT2D eigenvalue weighted by Crippen LogP contribution is 2.04. The van der Waals surface area contributed by atoms with Crippen LogP contribution in [0.4, 0.5) is 0 Å². The third-order valence-corrected chi connectivity index (χ3v) is 2.73. The van der Waals surface area contributed by atoms with Gasteiger partial charge in [0.05, 0.1) is 6.61 Å². The molecule has 1 atom stereocenters. The van der Waals surface area contributed by atoms with E-state index in [9.17, 15) is 5.11 Å². The van der Waals surface area contributed by atoms with Gasteiger partial charge in [-0.25, -0.2) is 0 Å². The Morgan fingerprint density at radius 3 is 2.00 bits per heavy atom. The summed E-state index contributed by atoms with van der Waals surface area (Å²) in [5.74, 6) is 0. The van der Waals surface area contributed by atoms with Crippen LogP contribution in [0.5, 0.6) is 0 Å². The van der Waals surface area contributed by atoms with Crippen molar-refractivity contribution in [2.45, 2.75) is 6.29 Å². The van der Waals surface area contributed by atoms with Gasteiger partial charge in [0.25, 0.3) is 0 Å². The molecule has 0 aliphatic rings. The molecule has 20 heavy (non-hydrogen) atoms. The smallest absolute Gasteiger partial charge is 0.174 e. The van der Waals surface area contributed by atoms with Crippen LogP contribution in [0.3, 0.4) is 0 Å². The molecule has 2 aromatic rings. The molecule has 1 N–H and O–H groups in total. The van der Waals surface area contributed by atoms with Crippen molar-refractivity contribution in [3.05, 3.63) is 83.9 Å². The average Bonchev–Trinajstić information content (AvgIpc) is 2.52. The van der Waals surface area contributed by atoms with E-state index in [4.69, 9.17) is 4.74 Å². The second kappa shape index (κ2) is 8.10. The van der Waals surface area contributed by atoms with Crippen LogP contribution in [0.15, 0.2) is 72.8 Å². The number of hydrogen-bond acceptors (Lipinski definition) is 2. The molecule has 0 fully saturated rings. The van der Waals surface area contributed by atoms with Crippen molar-refractivity contribution in [3.63, 3.8) is 0 Å². The SMILES string of the molecule is OC(C=Cc1ccccc1)OC/C=C/c1ccccc1. The molecule has 0 heterocycles. The van der Waals surface area contributed by atoms with E-state index >= 15 is 0 Å². The first-order valence-electron chi connectivity index (χ1n) is 6.59. The second-order valence-corrected chi connectivity index (χ2v) is 4.31. The van der Waals surface area contributed by atoms with Gasteiger partial charge < -0.3 is 9.84 Å². The second-order valence-electron chi connectivity index (χ2n) is 4.31. The minimum Gasteiger partial charge on any atom is -0.365 e. The van der Waals surface area contributed by atoms with E-state index in [2.05, 4.69) is 0 Å². The minimum atomic E-state index is -0.893. The Morgan fingerprint density at radius 1 is 0.850 bits per heavy atom. The van der Waals surface area contributed by atoms with Crippen LogP contribution in [0, 0.1) is 0 Å². The maximum Gasteiger partial charge on any atom is 0.174 e. The highest BCUT2D eigenvalue weighted by atomic mass is 16.6. The highest BCUT2D eigenvalue weighted by Gasteiger charge is 1.96. The van der Waals surface area contributed by atoms with E-state index < -0.39 is 6.29 Å². The lowest BCUT2D eigenvalue weighted by Crippen LogP contribution is -2.07. The lowest BCUT2D eigenvalue weighted by Gasteiger charge is -2.04. The summed E-state index contributed by atoms with van der Waals surface area (Å²) in [7, 11) is 0. The summed E-state index contributed by atoms with van der Waals surface area (Å²) >= 11 is 0. The first kappa shape index (κ1) is 14.3. The van der Waals surface area contributed by atoms with Crippen LogP contribution in [0.2, 0.25) is 0 Å². The van der Waals surface area contributed by atoms with E-state index in [-0.39, 0.29) is 0 Å². The normalized spacial score (nSPS) is 13.1. The zero-order chi connectivity index (χ0) is 14.0. The van der Waals surface area contributed by atoms with E-state index in [1.165, 1.54) is 0 Å². The van der Waals surface area contributed by atoms with Gasteiger partial charge in [0.1, 0.15) is 0 Å². The van der Waals surface area contributed by atoms with Gasteiger partial charge in [-0.3, -0.25) is 0 Å². The molecule has 2 nitrogen and oxygen atoms in total. The molecular formula is C18H18O2. The topological polar surface area (TPSA) is 29.5 Å². The Morgan fingerprint density at radius 2 is 1.40 bits per heavy atom. The van der Waals surface area contributed by atoms with Crippen molar-refractivity contribution in [1.29, 1.82) is 0 Å². The Labute approximate surface area is 119 Å². The van der Waals surface area contributed by atoms with Gasteiger partial charge in [-0.2, -0.15) is 0 Å². The predicted octanol–water partition coefficient (Wildman–Crippen LogP) is 3.75. The fraction of sp³-hybridized carbons (Fsp3) is 0.111. The number of rotatable bonds is 6. The first-order valence-corrected chi connectivity index (χ1v) is 6.59. The van der Waals surface area contributed by atoms with Gasteiger partial charge in [-0.15, -0.1) is 0 Å². The van der Waals surface area contributed by atoms with Crippen LogP contribution < -0.4 is 0 Å². The molecule has 0 aliphatic carbocycles. The molecule has 0 amide bonds. The van der Waals surface area contributed by atoms with Crippen molar-refractivity contribution in [1.82, 2.24) is 0 Å². The van der Waals surface area contributed by atoms with Crippen molar-refractivity contribution in [2.75, 3.05) is 6.61 Å². The Bertz CT molecular complexity index is 544. The molecule has 0 aliphatic heterocycles. The third-order valence-electron chi connectivity index (χ3n) is 2.73. The summed E-state index contributed by atoms with van der Waals surface area (Å²) in [5.41, 5.74) is 2.15. The van der Waals surface area contributed by atoms with E-state index in [1.54, 1.807) is 6.08 Å². The maximum absolute atomic E-state index is 9.66. The molecule has 102 valence electrons. The first-order chi connectivity index (χ1) is 9.84. The van der Waals surface area contributed by atoms with Crippen molar-refractivity contribution >= 4 is 12.2 Å². The summed E-state index contributed by atoms with van der Waals surface area (Å²) in [5, 5.41) is 9.66. The highest BCUT2D eigenvalue weighted by molar-refractivity contribution is 5.49. The van der Waals surface area contributed by atoms with Crippen molar-refractivity contribution in [3.8, 4) is 0 Å². The summed E-state index contributed by atoms with van der Waals surface area (Å²) in [6.07, 6.45) is 6.43. The third kappa shape index (κ3) is 5.22. The van der Waals surface area contributed by atoms with Crippen molar-refractivity contribution < 1.29 is 9.84 Å². The summed E-state index contributed by atoms with van der Waals surface area (Å²) in [6, 6.07) is 19.8. The number of benzene rings is 2. The van der Waals surface area contributed by atoms with Gasteiger partial charge in [0.15, 0.2) is 6.29 Å². The van der Waals surface area contributed by atoms with Gasteiger partial charge in [0, 0.05) is 0 Å². The van der Waals surface area contributed by atoms with Gasteiger partial charge in [0.2, 0.25) is 0 Å². The van der Waals surface area contributed by atoms with E-state index in [0.29, 0.717) is 6.61 Å². The van der Waals surface area contributed by atoms with Gasteiger partial charge in [-0.1, -0.05) is 78.9 Å². The zero-order valence-corrected chi connectivity index (χ0v) is 11.2. The van der Waals surface area contributed by atoms with Crippen LogP contribution in [0.1, 0.15) is 11.1 Å². The molecule has 2 rings (SSSR count). The summed E-state index contributed by atoms with van der Waals surface area (Å²) in [4.78, 5) is 0. The fourth-order valence-corrected chi connectivity index (χ4v) is 1.72. The maximum atomic E-state index is 9.66. The lowest BCUT2D eigenvalue weighted by molar-refractivity contribution is -0.0515. The molecule has 0 saturated carbocycles. The largest absolute Gasteiger partial charge is 0.365 e. The van der Waals surface area contributed by atoms with Gasteiger partial charge >= 0.3 is 0 Å². The Hall–Kier alpha value is -2.16. The van der Waals surface area contributed by atoms with E-state index in [1.807, 2.05) is 78.9 Å². The Balaban J connectivity index is 1.74. The summed E-state index contributed by atoms with van der Waals surface area (Å²) in [6.45, 7) is 0.370. The molecular weight excluding hydrogens is 248 g/mol. The number of hydrogen-bond donors (Lipinski definition) is 1. The quantitative estimate of drug-likeness (QED) is 0.807. The van der Waals surface area contributed by atoms with Crippen LogP contribution in [0.25, 0.3) is 12.2 Å². The monoisotopic (exact) mass is 266 g/mol. The standard InChI is InChI=1S/C18H18O2/c19-18(14-13-17-10-5-2-6-11-17)20-15-7-12-16-8-3-1-4-9-16/h1-14,18-19H,15H2/b12-7+,14-13?. The number of ether oxygens (including phenoxy) is 1. The number of aliphatic hydroxyl groups excluding tert-OH is 1. The van der Waals surface area contributed by atoms with Crippen LogP contribution in [-0.2, 0) is 4.74 Å². The lowest BCUT2D eigenvalue weighted by atomic mass is 10.2. The molecule has 1 unspecified atom stereocenters. The Kier molecular flexibility index (Phi) is 5.77. The number of aliphatic hydroxyl groups is 1. The molecule has 2 heteroatoms. The van der Waals surface area contributed by atoms with Crippen LogP contribution in [-0.4, -0.2) is 18.0 Å². The van der Waals surface area contributed by atoms with E-state index in [0.717, 1.165) is 11.1 Å². The molecule has 2 aromatic carbocycles. The van der Waals surface area contributed by atoms with Crippen LogP contribution >= 0.6 is 0 Å². The molecule has 0 aromatic heterocycles. The zero-order valence-electron chi connectivity index (χ0n) is 11.2. The molecule has 0 radical (unpaired) electrons. The fourth-order valence-electron chi connectivity index (χ4n) is 1.72. The van der Waals surface area contributed by atoms with Crippen molar-refractivity contribution in [2.24, 2.45) is 0 Å². The predicted molar refractivity (Wildman–Crippen MR) is 82.9 cm³/mol. The van der Waals surface area contributed by atoms with Gasteiger partial charge in [-0.05, 0) is 17.2 Å². The molecule has 0 bridgehead atoms. The molecule has 0 spiro atoms. The summed E-state index contributed by atoms with van der Waals surface area (Å²) < 4.78 is 5.27. The average molecular weight is 266 g/mol. The minimum absolute atomic E-state index is 0.370.